The summed E-state index contributed by atoms with van der Waals surface area (Å²) in [4.78, 5) is 22.1. The van der Waals surface area contributed by atoms with Crippen LogP contribution in [0, 0.1) is 5.92 Å². The third-order valence-electron chi connectivity index (χ3n) is 3.50. The summed E-state index contributed by atoms with van der Waals surface area (Å²) < 4.78 is 10.6. The second kappa shape index (κ2) is 6.39. The number of ether oxygens (including phenoxy) is 1. The van der Waals surface area contributed by atoms with E-state index in [2.05, 4.69) is 15.1 Å². The second-order valence-corrected chi connectivity index (χ2v) is 7.27. The Morgan fingerprint density at radius 3 is 2.79 bits per heavy atom. The van der Waals surface area contributed by atoms with Gasteiger partial charge in [-0.1, -0.05) is 16.8 Å². The van der Waals surface area contributed by atoms with Gasteiger partial charge in [-0.2, -0.15) is 4.98 Å². The predicted octanol–water partition coefficient (Wildman–Crippen LogP) is 3.19. The standard InChI is InChI=1S/C16H19ClN4O3/c1-16(2,3)23-15(22)21-8-10(9-21)6-13-19-14(20-24-13)12-5-4-11(17)7-18-12/h4-5,7,10H,6,8-9H2,1-3H3. The molecule has 0 bridgehead atoms. The molecule has 3 rings (SSSR count). The van der Waals surface area contributed by atoms with Crippen LogP contribution >= 0.6 is 11.6 Å². The van der Waals surface area contributed by atoms with E-state index in [1.54, 1.807) is 17.0 Å². The van der Waals surface area contributed by atoms with Gasteiger partial charge < -0.3 is 14.2 Å². The van der Waals surface area contributed by atoms with Crippen molar-refractivity contribution >= 4 is 17.7 Å². The Bertz CT molecular complexity index is 718. The van der Waals surface area contributed by atoms with E-state index in [-0.39, 0.29) is 6.09 Å². The Labute approximate surface area is 145 Å². The van der Waals surface area contributed by atoms with Crippen molar-refractivity contribution in [1.82, 2.24) is 20.0 Å². The van der Waals surface area contributed by atoms with Crippen molar-refractivity contribution in [2.24, 2.45) is 5.92 Å². The Morgan fingerprint density at radius 1 is 1.42 bits per heavy atom. The Balaban J connectivity index is 1.52. The first kappa shape index (κ1) is 16.7. The molecule has 0 saturated carbocycles. The summed E-state index contributed by atoms with van der Waals surface area (Å²) >= 11 is 5.81. The molecule has 128 valence electrons. The summed E-state index contributed by atoms with van der Waals surface area (Å²) in [6.45, 7) is 6.82. The number of carbonyl (C=O) groups excluding carboxylic acids is 1. The highest BCUT2D eigenvalue weighted by molar-refractivity contribution is 6.30. The molecular formula is C16H19ClN4O3. The fraction of sp³-hybridized carbons (Fsp3) is 0.500. The number of carbonyl (C=O) groups is 1. The molecule has 1 amide bonds. The van der Waals surface area contributed by atoms with Crippen molar-refractivity contribution in [3.05, 3.63) is 29.2 Å². The van der Waals surface area contributed by atoms with Gasteiger partial charge in [-0.15, -0.1) is 0 Å². The van der Waals surface area contributed by atoms with E-state index in [1.165, 1.54) is 6.20 Å². The van der Waals surface area contributed by atoms with Crippen LogP contribution in [-0.2, 0) is 11.2 Å². The molecule has 1 fully saturated rings. The zero-order chi connectivity index (χ0) is 17.3. The molecule has 0 spiro atoms. The maximum Gasteiger partial charge on any atom is 0.410 e. The lowest BCUT2D eigenvalue weighted by Crippen LogP contribution is -2.52. The molecule has 2 aromatic rings. The molecule has 24 heavy (non-hydrogen) atoms. The summed E-state index contributed by atoms with van der Waals surface area (Å²) in [6, 6.07) is 3.47. The first-order valence-electron chi connectivity index (χ1n) is 7.72. The molecule has 0 atom stereocenters. The Hall–Kier alpha value is -2.15. The van der Waals surface area contributed by atoms with Crippen LogP contribution in [0.1, 0.15) is 26.7 Å². The smallest absolute Gasteiger partial charge is 0.410 e. The summed E-state index contributed by atoms with van der Waals surface area (Å²) in [5, 5.41) is 4.49. The summed E-state index contributed by atoms with van der Waals surface area (Å²) in [5.41, 5.74) is 0.133. The molecule has 1 aliphatic rings. The lowest BCUT2D eigenvalue weighted by molar-refractivity contribution is -0.00186. The number of amides is 1. The summed E-state index contributed by atoms with van der Waals surface area (Å²) in [5.74, 6) is 1.27. The number of nitrogens with zero attached hydrogens (tertiary/aromatic N) is 4. The molecule has 1 saturated heterocycles. The molecule has 8 heteroatoms. The lowest BCUT2D eigenvalue weighted by atomic mass is 9.97. The van der Waals surface area contributed by atoms with E-state index >= 15 is 0 Å². The molecule has 0 radical (unpaired) electrons. The predicted molar refractivity (Wildman–Crippen MR) is 87.5 cm³/mol. The quantitative estimate of drug-likeness (QED) is 0.845. The normalized spacial score (nSPS) is 15.2. The summed E-state index contributed by atoms with van der Waals surface area (Å²) in [7, 11) is 0. The van der Waals surface area contributed by atoms with Crippen LogP contribution in [0.5, 0.6) is 0 Å². The van der Waals surface area contributed by atoms with Crippen LogP contribution in [0.2, 0.25) is 5.02 Å². The highest BCUT2D eigenvalue weighted by Crippen LogP contribution is 2.23. The first-order chi connectivity index (χ1) is 11.3. The van der Waals surface area contributed by atoms with Crippen molar-refractivity contribution in [3.63, 3.8) is 0 Å². The SMILES string of the molecule is CC(C)(C)OC(=O)N1CC(Cc2nc(-c3ccc(Cl)cn3)no2)C1. The molecule has 7 nitrogen and oxygen atoms in total. The number of hydrogen-bond donors (Lipinski definition) is 0. The van der Waals surface area contributed by atoms with Gasteiger partial charge in [0.15, 0.2) is 0 Å². The molecular weight excluding hydrogens is 332 g/mol. The minimum Gasteiger partial charge on any atom is -0.444 e. The van der Waals surface area contributed by atoms with Gasteiger partial charge in [0.05, 0.1) is 5.02 Å². The fourth-order valence-corrected chi connectivity index (χ4v) is 2.48. The Morgan fingerprint density at radius 2 is 2.17 bits per heavy atom. The average Bonchev–Trinajstić information content (AvgIpc) is 2.89. The van der Waals surface area contributed by atoms with E-state index in [4.69, 9.17) is 20.9 Å². The number of pyridine rings is 1. The van der Waals surface area contributed by atoms with Crippen molar-refractivity contribution in [3.8, 4) is 11.5 Å². The fourth-order valence-electron chi connectivity index (χ4n) is 2.37. The largest absolute Gasteiger partial charge is 0.444 e. The van der Waals surface area contributed by atoms with E-state index in [0.717, 1.165) is 0 Å². The third-order valence-corrected chi connectivity index (χ3v) is 3.72. The van der Waals surface area contributed by atoms with Crippen molar-refractivity contribution in [2.45, 2.75) is 32.8 Å². The molecule has 1 aliphatic heterocycles. The van der Waals surface area contributed by atoms with Crippen molar-refractivity contribution < 1.29 is 14.1 Å². The maximum absolute atomic E-state index is 11.9. The van der Waals surface area contributed by atoms with Gasteiger partial charge in [-0.3, -0.25) is 4.98 Å². The van der Waals surface area contributed by atoms with Gasteiger partial charge in [0.1, 0.15) is 11.3 Å². The minimum atomic E-state index is -0.477. The second-order valence-electron chi connectivity index (χ2n) is 6.83. The number of rotatable bonds is 3. The van der Waals surface area contributed by atoms with Crippen LogP contribution in [0.4, 0.5) is 4.79 Å². The van der Waals surface area contributed by atoms with Crippen molar-refractivity contribution in [2.75, 3.05) is 13.1 Å². The molecule has 0 aromatic carbocycles. The van der Waals surface area contributed by atoms with Gasteiger partial charge >= 0.3 is 6.09 Å². The molecule has 0 N–H and O–H groups in total. The van der Waals surface area contributed by atoms with E-state index < -0.39 is 5.60 Å². The van der Waals surface area contributed by atoms with E-state index in [1.807, 2.05) is 20.8 Å². The Kier molecular flexibility index (Phi) is 4.45. The molecule has 0 unspecified atom stereocenters. The zero-order valence-electron chi connectivity index (χ0n) is 13.8. The van der Waals surface area contributed by atoms with E-state index in [0.29, 0.717) is 47.9 Å². The lowest BCUT2D eigenvalue weighted by Gasteiger charge is -2.39. The highest BCUT2D eigenvalue weighted by Gasteiger charge is 2.34. The van der Waals surface area contributed by atoms with Crippen LogP contribution in [0.3, 0.4) is 0 Å². The minimum absolute atomic E-state index is 0.282. The molecule has 3 heterocycles. The van der Waals surface area contributed by atoms with Gasteiger partial charge in [-0.25, -0.2) is 4.79 Å². The first-order valence-corrected chi connectivity index (χ1v) is 8.10. The van der Waals surface area contributed by atoms with Crippen molar-refractivity contribution in [1.29, 1.82) is 0 Å². The zero-order valence-corrected chi connectivity index (χ0v) is 14.6. The van der Waals surface area contributed by atoms with Gasteiger partial charge in [0, 0.05) is 31.6 Å². The summed E-state index contributed by atoms with van der Waals surface area (Å²) in [6.07, 6.45) is 1.88. The van der Waals surface area contributed by atoms with Gasteiger partial charge in [0.2, 0.25) is 11.7 Å². The number of hydrogen-bond acceptors (Lipinski definition) is 6. The van der Waals surface area contributed by atoms with Crippen LogP contribution in [0.25, 0.3) is 11.5 Å². The average molecular weight is 351 g/mol. The topological polar surface area (TPSA) is 81.4 Å². The van der Waals surface area contributed by atoms with E-state index in [9.17, 15) is 4.79 Å². The van der Waals surface area contributed by atoms with Crippen LogP contribution in [-0.4, -0.2) is 44.8 Å². The van der Waals surface area contributed by atoms with Crippen LogP contribution < -0.4 is 0 Å². The monoisotopic (exact) mass is 350 g/mol. The third kappa shape index (κ3) is 4.03. The molecule has 2 aromatic heterocycles. The number of likely N-dealkylation sites (tertiary alicyclic amines) is 1. The van der Waals surface area contributed by atoms with Gasteiger partial charge in [0.25, 0.3) is 0 Å². The number of halogens is 1. The number of aromatic nitrogens is 3. The van der Waals surface area contributed by atoms with Crippen LogP contribution in [0.15, 0.2) is 22.9 Å². The maximum atomic E-state index is 11.9. The highest BCUT2D eigenvalue weighted by atomic mass is 35.5. The van der Waals surface area contributed by atoms with Gasteiger partial charge in [-0.05, 0) is 32.9 Å². The molecule has 0 aliphatic carbocycles.